The fourth-order valence-electron chi connectivity index (χ4n) is 7.78. The van der Waals surface area contributed by atoms with Crippen molar-refractivity contribution in [1.29, 1.82) is 0 Å². The van der Waals surface area contributed by atoms with Crippen LogP contribution in [0.1, 0.15) is 108 Å². The Morgan fingerprint density at radius 2 is 0.767 bits per heavy atom. The summed E-state index contributed by atoms with van der Waals surface area (Å²) in [5, 5.41) is 49.7. The lowest BCUT2D eigenvalue weighted by Crippen LogP contribution is -2.14. The zero-order chi connectivity index (χ0) is 42.9. The Morgan fingerprint density at radius 1 is 0.483 bits per heavy atom. The number of benzene rings is 6. The number of ether oxygens (including phenoxy) is 2. The maximum atomic E-state index is 12.6. The van der Waals surface area contributed by atoms with Crippen LogP contribution in [0.2, 0.25) is 0 Å². The molecule has 7 rings (SSSR count). The van der Waals surface area contributed by atoms with Gasteiger partial charge in [-0.1, -0.05) is 126 Å². The van der Waals surface area contributed by atoms with Gasteiger partial charge in [0.2, 0.25) is 0 Å². The van der Waals surface area contributed by atoms with E-state index in [1.165, 1.54) is 24.3 Å². The highest BCUT2D eigenvalue weighted by Crippen LogP contribution is 2.43. The van der Waals surface area contributed by atoms with Gasteiger partial charge in [-0.05, 0) is 55.3 Å². The molecule has 0 unspecified atom stereocenters. The summed E-state index contributed by atoms with van der Waals surface area (Å²) in [6, 6.07) is 32.9. The van der Waals surface area contributed by atoms with Gasteiger partial charge in [-0.2, -0.15) is 0 Å². The number of aromatic hydroxyl groups is 2. The fraction of sp³-hybridized carbons (Fsp3) is 0.280. The molecule has 308 valence electrons. The molecule has 0 spiro atoms. The molecule has 1 aliphatic rings. The minimum Gasteiger partial charge on any atom is -0.507 e. The number of phenols is 2. The second-order valence-corrected chi connectivity index (χ2v) is 17.7. The van der Waals surface area contributed by atoms with E-state index in [1.54, 1.807) is 0 Å². The SMILES string of the molecule is CC(C)(C)c1cc2c(O)c(c1)Cc1cc([N+](=O)[O-])cc(c1OCc1ccccc1)Cc1cc(C(C)(C)C)cc(c1O)Cc1cc([N+](=O)[O-])cc(c1OCc1ccccc1)C2. The zero-order valence-electron chi connectivity index (χ0n) is 34.9. The summed E-state index contributed by atoms with van der Waals surface area (Å²) in [5.74, 6) is 0.797. The first-order valence-corrected chi connectivity index (χ1v) is 20.1. The molecule has 2 N–H and O–H groups in total. The van der Waals surface area contributed by atoms with Crippen molar-refractivity contribution in [3.63, 3.8) is 0 Å². The number of hydrogen-bond acceptors (Lipinski definition) is 8. The average molecular weight is 807 g/mol. The summed E-state index contributed by atoms with van der Waals surface area (Å²) in [6.45, 7) is 12.7. The van der Waals surface area contributed by atoms with E-state index in [0.717, 1.165) is 22.3 Å². The number of nitrogens with zero attached hydrogens (tertiary/aromatic N) is 2. The maximum absolute atomic E-state index is 12.6. The second kappa shape index (κ2) is 16.5. The van der Waals surface area contributed by atoms with E-state index >= 15 is 0 Å². The molecule has 0 heterocycles. The van der Waals surface area contributed by atoms with Crippen LogP contribution in [-0.2, 0) is 49.7 Å². The first kappa shape index (κ1) is 41.5. The largest absolute Gasteiger partial charge is 0.507 e. The third kappa shape index (κ3) is 9.13. The van der Waals surface area contributed by atoms with Crippen molar-refractivity contribution in [2.24, 2.45) is 0 Å². The Labute approximate surface area is 350 Å². The molecule has 0 saturated carbocycles. The van der Waals surface area contributed by atoms with E-state index in [0.29, 0.717) is 56.0 Å². The minimum atomic E-state index is -0.434. The molecule has 10 heteroatoms. The fourth-order valence-corrected chi connectivity index (χ4v) is 7.78. The van der Waals surface area contributed by atoms with Crippen molar-refractivity contribution in [2.45, 2.75) is 91.3 Å². The number of nitro benzene ring substituents is 2. The highest BCUT2D eigenvalue weighted by Gasteiger charge is 2.28. The third-order valence-corrected chi connectivity index (χ3v) is 11.1. The maximum Gasteiger partial charge on any atom is 0.270 e. The number of rotatable bonds is 8. The predicted octanol–water partition coefficient (Wildman–Crippen LogP) is 11.3. The Balaban J connectivity index is 1.53. The van der Waals surface area contributed by atoms with Crippen LogP contribution in [0.15, 0.2) is 109 Å². The normalized spacial score (nSPS) is 12.8. The van der Waals surface area contributed by atoms with Crippen LogP contribution in [-0.4, -0.2) is 20.1 Å². The summed E-state index contributed by atoms with van der Waals surface area (Å²) in [7, 11) is 0. The quantitative estimate of drug-likeness (QED) is 0.114. The average Bonchev–Trinajstić information content (AvgIpc) is 3.19. The second-order valence-electron chi connectivity index (χ2n) is 17.7. The molecule has 10 nitrogen and oxygen atoms in total. The summed E-state index contributed by atoms with van der Waals surface area (Å²) >= 11 is 0. The highest BCUT2D eigenvalue weighted by molar-refractivity contribution is 5.61. The van der Waals surface area contributed by atoms with Gasteiger partial charge in [-0.3, -0.25) is 20.2 Å². The van der Waals surface area contributed by atoms with Gasteiger partial charge in [0.25, 0.3) is 11.4 Å². The molecule has 60 heavy (non-hydrogen) atoms. The molecule has 0 saturated heterocycles. The molecule has 1 aliphatic carbocycles. The van der Waals surface area contributed by atoms with Crippen LogP contribution >= 0.6 is 0 Å². The zero-order valence-corrected chi connectivity index (χ0v) is 34.9. The van der Waals surface area contributed by atoms with Crippen LogP contribution in [0.4, 0.5) is 11.4 Å². The van der Waals surface area contributed by atoms with Crippen molar-refractivity contribution >= 4 is 11.4 Å². The third-order valence-electron chi connectivity index (χ3n) is 11.1. The van der Waals surface area contributed by atoms with Gasteiger partial charge in [0.15, 0.2) is 0 Å². The molecule has 6 aromatic carbocycles. The summed E-state index contributed by atoms with van der Waals surface area (Å²) in [5.41, 5.74) is 6.55. The molecular formula is C50H50N2O8. The topological polar surface area (TPSA) is 145 Å². The van der Waals surface area contributed by atoms with Crippen LogP contribution in [0.5, 0.6) is 23.0 Å². The van der Waals surface area contributed by atoms with Crippen LogP contribution in [0.25, 0.3) is 0 Å². The molecule has 8 bridgehead atoms. The summed E-state index contributed by atoms with van der Waals surface area (Å²) in [4.78, 5) is 24.3. The van der Waals surface area contributed by atoms with Gasteiger partial charge in [0.1, 0.15) is 36.2 Å². The van der Waals surface area contributed by atoms with Gasteiger partial charge in [0.05, 0.1) is 9.85 Å². The number of non-ortho nitro benzene ring substituents is 2. The van der Waals surface area contributed by atoms with Crippen LogP contribution in [0.3, 0.4) is 0 Å². The van der Waals surface area contributed by atoms with Crippen molar-refractivity contribution in [3.05, 3.63) is 196 Å². The molecule has 0 fully saturated rings. The van der Waals surface area contributed by atoms with Crippen molar-refractivity contribution in [2.75, 3.05) is 0 Å². The van der Waals surface area contributed by atoms with E-state index in [9.17, 15) is 30.4 Å². The van der Waals surface area contributed by atoms with E-state index in [1.807, 2.05) is 84.9 Å². The first-order chi connectivity index (χ1) is 28.4. The molecule has 0 aliphatic heterocycles. The molecule has 0 amide bonds. The summed E-state index contributed by atoms with van der Waals surface area (Å²) in [6.07, 6.45) is 0.271. The van der Waals surface area contributed by atoms with Gasteiger partial charge in [-0.25, -0.2) is 0 Å². The standard InChI is InChI=1S/C50H50N2O8/c1-49(2,3)41-21-33-17-37-25-43(51(55)56)27-39(47(37)59-29-31-13-9-7-10-14-31)19-35-23-42(50(4,5)6)24-36(46(35)54)20-40-28-44(52(57)58)26-38(18-34(22-41)45(33)53)48(40)60-30-32-15-11-8-12-16-32/h7-16,21-28,53-54H,17-20,29-30H2,1-6H3. The lowest BCUT2D eigenvalue weighted by Gasteiger charge is -2.25. The molecule has 0 atom stereocenters. The number of fused-ring (bicyclic) bond motifs is 8. The summed E-state index contributed by atoms with van der Waals surface area (Å²) < 4.78 is 13.3. The first-order valence-electron chi connectivity index (χ1n) is 20.1. The minimum absolute atomic E-state index is 0.0306. The molecular weight excluding hydrogens is 757 g/mol. The Morgan fingerprint density at radius 3 is 1.02 bits per heavy atom. The van der Waals surface area contributed by atoms with Gasteiger partial charge < -0.3 is 19.7 Å². The van der Waals surface area contributed by atoms with Gasteiger partial charge >= 0.3 is 0 Å². The van der Waals surface area contributed by atoms with E-state index < -0.39 is 9.85 Å². The number of hydrogen-bond donors (Lipinski definition) is 2. The van der Waals surface area contributed by atoms with Gasteiger partial charge in [-0.15, -0.1) is 0 Å². The Bertz CT molecular complexity index is 2310. The Hall–Kier alpha value is -6.68. The predicted molar refractivity (Wildman–Crippen MR) is 233 cm³/mol. The Kier molecular flexibility index (Phi) is 11.4. The van der Waals surface area contributed by atoms with E-state index in [4.69, 9.17) is 9.47 Å². The molecule has 0 aromatic heterocycles. The van der Waals surface area contributed by atoms with Crippen LogP contribution < -0.4 is 9.47 Å². The smallest absolute Gasteiger partial charge is 0.270 e. The number of nitro groups is 2. The lowest BCUT2D eigenvalue weighted by molar-refractivity contribution is -0.385. The molecule has 0 radical (unpaired) electrons. The van der Waals surface area contributed by atoms with E-state index in [2.05, 4.69) is 41.5 Å². The monoisotopic (exact) mass is 806 g/mol. The van der Waals surface area contributed by atoms with Crippen molar-refractivity contribution < 1.29 is 29.5 Å². The van der Waals surface area contributed by atoms with Crippen molar-refractivity contribution in [3.8, 4) is 23.0 Å². The van der Waals surface area contributed by atoms with Gasteiger partial charge in [0, 0.05) is 72.2 Å². The highest BCUT2D eigenvalue weighted by atomic mass is 16.6. The van der Waals surface area contributed by atoms with Crippen molar-refractivity contribution in [1.82, 2.24) is 0 Å². The lowest BCUT2D eigenvalue weighted by atomic mass is 9.81. The molecule has 6 aromatic rings. The number of phenolic OH excluding ortho intramolecular Hbond substituents is 2. The van der Waals surface area contributed by atoms with E-state index in [-0.39, 0.29) is 72.6 Å². The van der Waals surface area contributed by atoms with Crippen LogP contribution in [0, 0.1) is 20.2 Å².